The molecule has 3 rings (SSSR count). The smallest absolute Gasteiger partial charge is 0.359 e. The van der Waals surface area contributed by atoms with E-state index >= 15 is 0 Å². The van der Waals surface area contributed by atoms with Crippen molar-refractivity contribution in [3.8, 4) is 0 Å². The monoisotopic (exact) mass is 385 g/mol. The minimum absolute atomic E-state index is 0.0480. The molecule has 1 heterocycles. The van der Waals surface area contributed by atoms with Gasteiger partial charge in [-0.3, -0.25) is 9.82 Å². The lowest BCUT2D eigenvalue weighted by molar-refractivity contribution is 0.0596. The summed E-state index contributed by atoms with van der Waals surface area (Å²) in [5.41, 5.74) is 0.295. The maximum atomic E-state index is 13.8. The van der Waals surface area contributed by atoms with Gasteiger partial charge in [-0.2, -0.15) is 5.10 Å². The minimum Gasteiger partial charge on any atom is -0.464 e. The second-order valence-corrected chi connectivity index (χ2v) is 6.75. The van der Waals surface area contributed by atoms with Crippen LogP contribution < -0.4 is 4.72 Å². The van der Waals surface area contributed by atoms with Gasteiger partial charge in [-0.1, -0.05) is 0 Å². The van der Waals surface area contributed by atoms with E-state index in [1.54, 1.807) is 0 Å². The van der Waals surface area contributed by atoms with E-state index in [9.17, 15) is 26.4 Å². The fourth-order valence-electron chi connectivity index (χ4n) is 2.26. The molecular weight excluding hydrogens is 375 g/mol. The van der Waals surface area contributed by atoms with Crippen LogP contribution in [0.25, 0.3) is 10.9 Å². The number of aromatic amines is 1. The molecule has 1 aromatic heterocycles. The molecule has 0 aliphatic carbocycles. The van der Waals surface area contributed by atoms with Crippen molar-refractivity contribution >= 4 is 32.6 Å². The van der Waals surface area contributed by atoms with Gasteiger partial charge >= 0.3 is 5.97 Å². The molecule has 0 amide bonds. The van der Waals surface area contributed by atoms with Crippen molar-refractivity contribution in [2.75, 3.05) is 11.8 Å². The Morgan fingerprint density at radius 3 is 2.58 bits per heavy atom. The number of H-pyrrole nitrogens is 1. The summed E-state index contributed by atoms with van der Waals surface area (Å²) in [5.74, 6) is -5.99. The van der Waals surface area contributed by atoms with Crippen LogP contribution in [-0.4, -0.2) is 31.7 Å². The van der Waals surface area contributed by atoms with Crippen molar-refractivity contribution in [3.63, 3.8) is 0 Å². The van der Waals surface area contributed by atoms with Crippen LogP contribution in [0.15, 0.2) is 35.2 Å². The molecule has 11 heteroatoms. The zero-order chi connectivity index (χ0) is 19.1. The number of carbonyl (C=O) groups excluding carboxylic acids is 1. The number of methoxy groups -OCH3 is 1. The molecule has 2 N–H and O–H groups in total. The van der Waals surface area contributed by atoms with Crippen LogP contribution >= 0.6 is 0 Å². The van der Waals surface area contributed by atoms with Gasteiger partial charge in [0.05, 0.1) is 12.6 Å². The number of esters is 1. The van der Waals surface area contributed by atoms with Crippen LogP contribution in [0.4, 0.5) is 18.9 Å². The highest BCUT2D eigenvalue weighted by atomic mass is 32.2. The quantitative estimate of drug-likeness (QED) is 0.531. The number of hydrogen-bond donors (Lipinski definition) is 2. The minimum atomic E-state index is -4.55. The topological polar surface area (TPSA) is 101 Å². The van der Waals surface area contributed by atoms with Crippen LogP contribution in [-0.2, 0) is 14.8 Å². The highest BCUT2D eigenvalue weighted by molar-refractivity contribution is 7.92. The summed E-state index contributed by atoms with van der Waals surface area (Å²) in [5, 5.41) is 6.59. The molecule has 0 radical (unpaired) electrons. The van der Waals surface area contributed by atoms with E-state index in [1.165, 1.54) is 18.2 Å². The van der Waals surface area contributed by atoms with E-state index in [-0.39, 0.29) is 16.8 Å². The Balaban J connectivity index is 2.03. The van der Waals surface area contributed by atoms with E-state index < -0.39 is 38.3 Å². The highest BCUT2D eigenvalue weighted by Crippen LogP contribution is 2.25. The van der Waals surface area contributed by atoms with Crippen molar-refractivity contribution in [2.45, 2.75) is 4.90 Å². The molecule has 0 atom stereocenters. The highest BCUT2D eigenvalue weighted by Gasteiger charge is 2.24. The standard InChI is InChI=1S/C15H10F3N3O4S/c1-25-15(22)14-8-6-7(2-4-10(8)19-20-14)21-26(23,24)11-5-3-9(16)12(17)13(11)18/h2-6,21H,1H3,(H,19,20). The van der Waals surface area contributed by atoms with Gasteiger partial charge in [-0.05, 0) is 30.3 Å². The summed E-state index contributed by atoms with van der Waals surface area (Å²) in [6.45, 7) is 0. The fraction of sp³-hybridized carbons (Fsp3) is 0.0667. The Morgan fingerprint density at radius 2 is 1.88 bits per heavy atom. The fourth-order valence-corrected chi connectivity index (χ4v) is 3.38. The zero-order valence-corrected chi connectivity index (χ0v) is 13.8. The number of rotatable bonds is 4. The number of benzene rings is 2. The number of ether oxygens (including phenoxy) is 1. The first-order chi connectivity index (χ1) is 12.2. The largest absolute Gasteiger partial charge is 0.464 e. The van der Waals surface area contributed by atoms with Gasteiger partial charge in [0.1, 0.15) is 4.90 Å². The zero-order valence-electron chi connectivity index (χ0n) is 13.0. The molecule has 0 aliphatic rings. The van der Waals surface area contributed by atoms with Crippen LogP contribution in [0.3, 0.4) is 0 Å². The van der Waals surface area contributed by atoms with E-state index in [1.807, 2.05) is 4.72 Å². The van der Waals surface area contributed by atoms with Crippen molar-refractivity contribution in [3.05, 3.63) is 53.5 Å². The third-order valence-corrected chi connectivity index (χ3v) is 4.88. The molecule has 0 spiro atoms. The average Bonchev–Trinajstić information content (AvgIpc) is 3.01. The number of carbonyl (C=O) groups is 1. The first-order valence-electron chi connectivity index (χ1n) is 6.97. The first kappa shape index (κ1) is 17.7. The maximum absolute atomic E-state index is 13.8. The maximum Gasteiger partial charge on any atom is 0.359 e. The molecule has 0 bridgehead atoms. The summed E-state index contributed by atoms with van der Waals surface area (Å²) in [6, 6.07) is 5.11. The third-order valence-electron chi connectivity index (χ3n) is 3.48. The molecule has 2 aromatic carbocycles. The predicted molar refractivity (Wildman–Crippen MR) is 84.6 cm³/mol. The molecule has 7 nitrogen and oxygen atoms in total. The number of sulfonamides is 1. The van der Waals surface area contributed by atoms with E-state index in [0.717, 1.165) is 7.11 Å². The molecule has 0 unspecified atom stereocenters. The number of halogens is 3. The molecule has 0 saturated heterocycles. The van der Waals surface area contributed by atoms with Gasteiger partial charge in [-0.15, -0.1) is 0 Å². The Morgan fingerprint density at radius 1 is 1.15 bits per heavy atom. The Hall–Kier alpha value is -3.08. The van der Waals surface area contributed by atoms with Crippen molar-refractivity contribution in [2.24, 2.45) is 0 Å². The summed E-state index contributed by atoms with van der Waals surface area (Å²) < 4.78 is 71.2. The van der Waals surface area contributed by atoms with Gasteiger partial charge < -0.3 is 4.74 Å². The van der Waals surface area contributed by atoms with Gasteiger partial charge in [0.25, 0.3) is 10.0 Å². The molecule has 3 aromatic rings. The Bertz CT molecular complexity index is 1130. The second kappa shape index (κ2) is 6.33. The van der Waals surface area contributed by atoms with Crippen LogP contribution in [0, 0.1) is 17.5 Å². The lowest BCUT2D eigenvalue weighted by Gasteiger charge is -2.09. The first-order valence-corrected chi connectivity index (χ1v) is 8.45. The van der Waals surface area contributed by atoms with Crippen molar-refractivity contribution < 1.29 is 31.1 Å². The molecule has 0 fully saturated rings. The molecule has 26 heavy (non-hydrogen) atoms. The molecule has 0 aliphatic heterocycles. The summed E-state index contributed by atoms with van der Waals surface area (Å²) in [7, 11) is -3.40. The van der Waals surface area contributed by atoms with Gasteiger partial charge in [0.15, 0.2) is 23.1 Å². The molecule has 136 valence electrons. The number of fused-ring (bicyclic) bond motifs is 1. The Kier molecular flexibility index (Phi) is 4.32. The summed E-state index contributed by atoms with van der Waals surface area (Å²) >= 11 is 0. The van der Waals surface area contributed by atoms with Gasteiger partial charge in [0.2, 0.25) is 0 Å². The lowest BCUT2D eigenvalue weighted by Crippen LogP contribution is -2.15. The van der Waals surface area contributed by atoms with E-state index in [4.69, 9.17) is 0 Å². The van der Waals surface area contributed by atoms with Crippen LogP contribution in [0.1, 0.15) is 10.5 Å². The number of aromatic nitrogens is 2. The van der Waals surface area contributed by atoms with Crippen LogP contribution in [0.5, 0.6) is 0 Å². The molecular formula is C15H10F3N3O4S. The second-order valence-electron chi connectivity index (χ2n) is 5.10. The van der Waals surface area contributed by atoms with E-state index in [2.05, 4.69) is 14.9 Å². The lowest BCUT2D eigenvalue weighted by atomic mass is 10.2. The number of hydrogen-bond acceptors (Lipinski definition) is 5. The average molecular weight is 385 g/mol. The predicted octanol–water partition coefficient (Wildman–Crippen LogP) is 2.57. The number of anilines is 1. The third kappa shape index (κ3) is 2.96. The SMILES string of the molecule is COC(=O)c1n[nH]c2ccc(NS(=O)(=O)c3ccc(F)c(F)c3F)cc12. The number of nitrogens with one attached hydrogen (secondary N) is 2. The summed E-state index contributed by atoms with van der Waals surface area (Å²) in [4.78, 5) is 10.6. The Labute approximate surface area is 144 Å². The van der Waals surface area contributed by atoms with E-state index in [0.29, 0.717) is 17.6 Å². The van der Waals surface area contributed by atoms with Gasteiger partial charge in [0, 0.05) is 11.1 Å². The summed E-state index contributed by atoms with van der Waals surface area (Å²) in [6.07, 6.45) is 0. The van der Waals surface area contributed by atoms with Crippen molar-refractivity contribution in [1.29, 1.82) is 0 Å². The number of nitrogens with zero attached hydrogens (tertiary/aromatic N) is 1. The normalized spacial score (nSPS) is 11.5. The van der Waals surface area contributed by atoms with Crippen LogP contribution in [0.2, 0.25) is 0 Å². The molecule has 0 saturated carbocycles. The van der Waals surface area contributed by atoms with Gasteiger partial charge in [-0.25, -0.2) is 26.4 Å². The van der Waals surface area contributed by atoms with Crippen molar-refractivity contribution in [1.82, 2.24) is 10.2 Å².